The summed E-state index contributed by atoms with van der Waals surface area (Å²) < 4.78 is 0. The van der Waals surface area contributed by atoms with E-state index in [1.54, 1.807) is 0 Å². The highest BCUT2D eigenvalue weighted by Crippen LogP contribution is 2.62. The molecule has 4 aliphatic rings. The Morgan fingerprint density at radius 2 is 1.71 bits per heavy atom. The molecule has 0 aromatic rings. The second-order valence-corrected chi connectivity index (χ2v) is 9.34. The van der Waals surface area contributed by atoms with Crippen molar-refractivity contribution in [3.05, 3.63) is 0 Å². The van der Waals surface area contributed by atoms with Crippen LogP contribution in [0.4, 0.5) is 0 Å². The molecule has 4 fully saturated rings. The van der Waals surface area contributed by atoms with Crippen LogP contribution in [0, 0.1) is 35.0 Å². The van der Waals surface area contributed by atoms with E-state index in [0.717, 1.165) is 48.9 Å². The summed E-state index contributed by atoms with van der Waals surface area (Å²) in [5, 5.41) is 10.7. The quantitative estimate of drug-likeness (QED) is 0.706. The monoisotopic (exact) mass is 290 g/mol. The Morgan fingerprint density at radius 3 is 2.52 bits per heavy atom. The van der Waals surface area contributed by atoms with Crippen molar-refractivity contribution in [1.29, 1.82) is 0 Å². The number of aliphatic hydroxyl groups is 1. The highest BCUT2D eigenvalue weighted by Gasteiger charge is 2.54. The molecule has 120 valence electrons. The van der Waals surface area contributed by atoms with Gasteiger partial charge in [0.15, 0.2) is 0 Å². The van der Waals surface area contributed by atoms with E-state index in [1.165, 1.54) is 51.4 Å². The predicted octanol–water partition coefficient (Wildman–Crippen LogP) is 5.17. The van der Waals surface area contributed by atoms with Gasteiger partial charge in [-0.05, 0) is 99.2 Å². The van der Waals surface area contributed by atoms with Crippen LogP contribution in [-0.2, 0) is 0 Å². The van der Waals surface area contributed by atoms with Gasteiger partial charge < -0.3 is 5.11 Å². The Kier molecular flexibility index (Phi) is 3.45. The third-order valence-corrected chi connectivity index (χ3v) is 8.54. The molecule has 2 unspecified atom stereocenters. The molecule has 1 nitrogen and oxygen atoms in total. The molecule has 21 heavy (non-hydrogen) atoms. The van der Waals surface area contributed by atoms with Crippen LogP contribution in [-0.4, -0.2) is 10.7 Å². The van der Waals surface area contributed by atoms with Gasteiger partial charge in [0.05, 0.1) is 5.60 Å². The number of hydrogen-bond donors (Lipinski definition) is 1. The van der Waals surface area contributed by atoms with E-state index in [2.05, 4.69) is 13.8 Å². The van der Waals surface area contributed by atoms with Crippen molar-refractivity contribution in [2.45, 2.75) is 90.1 Å². The molecule has 4 rings (SSSR count). The largest absolute Gasteiger partial charge is 0.390 e. The van der Waals surface area contributed by atoms with Crippen molar-refractivity contribution < 1.29 is 5.11 Å². The zero-order valence-corrected chi connectivity index (χ0v) is 14.1. The fraction of sp³-hybridized carbons (Fsp3) is 1.00. The van der Waals surface area contributed by atoms with Crippen LogP contribution in [0.5, 0.6) is 0 Å². The summed E-state index contributed by atoms with van der Waals surface area (Å²) in [5.74, 6) is 4.90. The Labute approximate surface area is 130 Å². The van der Waals surface area contributed by atoms with Gasteiger partial charge in [0.1, 0.15) is 0 Å². The molecule has 4 aliphatic carbocycles. The maximum absolute atomic E-state index is 10.7. The zero-order valence-electron chi connectivity index (χ0n) is 14.1. The van der Waals surface area contributed by atoms with Gasteiger partial charge in [-0.15, -0.1) is 0 Å². The van der Waals surface area contributed by atoms with E-state index >= 15 is 0 Å². The van der Waals surface area contributed by atoms with Gasteiger partial charge in [-0.2, -0.15) is 0 Å². The van der Waals surface area contributed by atoms with Crippen LogP contribution < -0.4 is 0 Å². The second kappa shape index (κ2) is 4.98. The van der Waals surface area contributed by atoms with Gasteiger partial charge in [0.2, 0.25) is 0 Å². The predicted molar refractivity (Wildman–Crippen MR) is 87.0 cm³/mol. The van der Waals surface area contributed by atoms with E-state index in [1.807, 2.05) is 0 Å². The van der Waals surface area contributed by atoms with Crippen molar-refractivity contribution in [3.8, 4) is 0 Å². The summed E-state index contributed by atoms with van der Waals surface area (Å²) >= 11 is 0. The maximum atomic E-state index is 10.7. The first kappa shape index (κ1) is 14.5. The van der Waals surface area contributed by atoms with Crippen molar-refractivity contribution in [2.24, 2.45) is 35.0 Å². The van der Waals surface area contributed by atoms with Gasteiger partial charge >= 0.3 is 0 Å². The van der Waals surface area contributed by atoms with Crippen LogP contribution in [0.25, 0.3) is 0 Å². The molecular formula is C20H34O. The molecule has 0 amide bonds. The van der Waals surface area contributed by atoms with Gasteiger partial charge in [-0.1, -0.05) is 20.3 Å². The minimum absolute atomic E-state index is 0.315. The van der Waals surface area contributed by atoms with Crippen molar-refractivity contribution in [3.63, 3.8) is 0 Å². The molecule has 0 aromatic heterocycles. The highest BCUT2D eigenvalue weighted by molar-refractivity contribution is 5.04. The molecule has 1 N–H and O–H groups in total. The Bertz CT molecular complexity index is 405. The molecule has 1 heteroatoms. The zero-order chi connectivity index (χ0) is 14.7. The summed E-state index contributed by atoms with van der Waals surface area (Å²) in [6.45, 7) is 4.78. The fourth-order valence-corrected chi connectivity index (χ4v) is 7.28. The lowest BCUT2D eigenvalue weighted by Crippen LogP contribution is -2.50. The summed E-state index contributed by atoms with van der Waals surface area (Å²) in [7, 11) is 0. The van der Waals surface area contributed by atoms with Crippen LogP contribution in [0.2, 0.25) is 0 Å². The summed E-state index contributed by atoms with van der Waals surface area (Å²) in [4.78, 5) is 0. The summed E-state index contributed by atoms with van der Waals surface area (Å²) in [6.07, 6.45) is 14.9. The molecule has 0 radical (unpaired) electrons. The van der Waals surface area contributed by atoms with E-state index in [0.29, 0.717) is 5.41 Å². The number of fused-ring (bicyclic) bond motifs is 5. The lowest BCUT2D eigenvalue weighted by molar-refractivity contribution is -0.101. The third kappa shape index (κ3) is 2.21. The van der Waals surface area contributed by atoms with E-state index in [-0.39, 0.29) is 5.60 Å². The van der Waals surface area contributed by atoms with Crippen molar-refractivity contribution in [1.82, 2.24) is 0 Å². The average Bonchev–Trinajstić information content (AvgIpc) is 2.88. The van der Waals surface area contributed by atoms with Crippen LogP contribution in [0.15, 0.2) is 0 Å². The van der Waals surface area contributed by atoms with E-state index < -0.39 is 0 Å². The Morgan fingerprint density at radius 1 is 0.905 bits per heavy atom. The molecule has 7 atom stereocenters. The van der Waals surface area contributed by atoms with Gasteiger partial charge in [-0.3, -0.25) is 0 Å². The lowest BCUT2D eigenvalue weighted by Gasteiger charge is -2.56. The maximum Gasteiger partial charge on any atom is 0.0648 e. The minimum atomic E-state index is -0.315. The molecule has 0 bridgehead atoms. The number of hydrogen-bond acceptors (Lipinski definition) is 1. The van der Waals surface area contributed by atoms with Gasteiger partial charge in [0.25, 0.3) is 0 Å². The molecule has 0 aliphatic heterocycles. The molecule has 4 saturated carbocycles. The average molecular weight is 290 g/mol. The molecule has 0 spiro atoms. The molecular weight excluding hydrogens is 256 g/mol. The van der Waals surface area contributed by atoms with Crippen LogP contribution >= 0.6 is 0 Å². The standard InChI is InChI=1S/C20H34O/c1-3-20(21)12-9-15-14(13-20)6-7-17-16(15)8-11-19(2)10-4-5-18(17)19/h14-18,21H,3-13H2,1-2H3/t14?,15-,16+,17+,18-,19-,20?/m0/s1. The molecule has 0 saturated heterocycles. The van der Waals surface area contributed by atoms with Crippen molar-refractivity contribution in [2.75, 3.05) is 0 Å². The normalized spacial score (nSPS) is 56.4. The fourth-order valence-electron chi connectivity index (χ4n) is 7.28. The second-order valence-electron chi connectivity index (χ2n) is 9.34. The number of rotatable bonds is 1. The first-order valence-corrected chi connectivity index (χ1v) is 9.77. The SMILES string of the molecule is CCC1(O)CC[C@H]2C(CC[C@@H]3[C@@H]2CC[C@]2(C)CCC[C@@H]32)C1. The van der Waals surface area contributed by atoms with Crippen LogP contribution in [0.3, 0.4) is 0 Å². The van der Waals surface area contributed by atoms with E-state index in [4.69, 9.17) is 0 Å². The van der Waals surface area contributed by atoms with Crippen LogP contribution in [0.1, 0.15) is 84.5 Å². The molecule has 0 heterocycles. The lowest BCUT2D eigenvalue weighted by atomic mass is 9.50. The first-order valence-electron chi connectivity index (χ1n) is 9.77. The Balaban J connectivity index is 1.53. The highest BCUT2D eigenvalue weighted by atomic mass is 16.3. The van der Waals surface area contributed by atoms with E-state index in [9.17, 15) is 5.11 Å². The smallest absolute Gasteiger partial charge is 0.0648 e. The minimum Gasteiger partial charge on any atom is -0.390 e. The van der Waals surface area contributed by atoms with Gasteiger partial charge in [-0.25, -0.2) is 0 Å². The summed E-state index contributed by atoms with van der Waals surface area (Å²) in [6, 6.07) is 0. The summed E-state index contributed by atoms with van der Waals surface area (Å²) in [5.41, 5.74) is 0.386. The third-order valence-electron chi connectivity index (χ3n) is 8.54. The molecule has 0 aromatic carbocycles. The topological polar surface area (TPSA) is 20.2 Å². The van der Waals surface area contributed by atoms with Gasteiger partial charge in [0, 0.05) is 0 Å². The first-order chi connectivity index (χ1) is 10.0. The van der Waals surface area contributed by atoms with Crippen molar-refractivity contribution >= 4 is 0 Å². The Hall–Kier alpha value is -0.0400.